The van der Waals surface area contributed by atoms with Gasteiger partial charge in [-0.2, -0.15) is 0 Å². The van der Waals surface area contributed by atoms with Crippen molar-refractivity contribution in [2.24, 2.45) is 0 Å². The van der Waals surface area contributed by atoms with Gasteiger partial charge in [0.15, 0.2) is 0 Å². The highest BCUT2D eigenvalue weighted by Gasteiger charge is 2.04. The zero-order chi connectivity index (χ0) is 8.97. The minimum atomic E-state index is -0.442. The minimum absolute atomic E-state index is 0. The van der Waals surface area contributed by atoms with E-state index in [1.165, 1.54) is 12.1 Å². The lowest BCUT2D eigenvalue weighted by molar-refractivity contribution is -0.384. The molecule has 3 N–H and O–H groups in total. The summed E-state index contributed by atoms with van der Waals surface area (Å²) >= 11 is 0. The molecule has 5 nitrogen and oxygen atoms in total. The van der Waals surface area contributed by atoms with E-state index in [1.807, 2.05) is 6.92 Å². The number of rotatable bonds is 3. The maximum atomic E-state index is 10.3. The summed E-state index contributed by atoms with van der Waals surface area (Å²) in [5.41, 5.74) is 0.0564. The molecule has 0 atom stereocenters. The molecule has 1 aromatic carbocycles. The monoisotopic (exact) mass is 184 g/mol. The second-order valence-electron chi connectivity index (χ2n) is 2.19. The van der Waals surface area contributed by atoms with E-state index in [4.69, 9.17) is 4.74 Å². The van der Waals surface area contributed by atoms with E-state index in [2.05, 4.69) is 0 Å². The van der Waals surface area contributed by atoms with Crippen LogP contribution >= 0.6 is 0 Å². The number of nitro benzene ring substituents is 1. The van der Waals surface area contributed by atoms with Crippen LogP contribution in [-0.2, 0) is 0 Å². The highest BCUT2D eigenvalue weighted by Crippen LogP contribution is 2.18. The second kappa shape index (κ2) is 5.10. The van der Waals surface area contributed by atoms with Gasteiger partial charge in [-0.1, -0.05) is 6.07 Å². The van der Waals surface area contributed by atoms with E-state index in [0.717, 1.165) is 0 Å². The van der Waals surface area contributed by atoms with Crippen LogP contribution in [0.25, 0.3) is 0 Å². The molecule has 0 heterocycles. The van der Waals surface area contributed by atoms with Gasteiger partial charge in [-0.25, -0.2) is 0 Å². The first-order valence-electron chi connectivity index (χ1n) is 3.61. The summed E-state index contributed by atoms with van der Waals surface area (Å²) in [4.78, 5) is 9.87. The molecule has 0 aliphatic heterocycles. The van der Waals surface area contributed by atoms with Crippen molar-refractivity contribution < 1.29 is 9.66 Å². The molecule has 0 aromatic heterocycles. The fraction of sp³-hybridized carbons (Fsp3) is 0.250. The van der Waals surface area contributed by atoms with Crippen molar-refractivity contribution in [1.82, 2.24) is 6.15 Å². The van der Waals surface area contributed by atoms with Crippen molar-refractivity contribution >= 4 is 5.69 Å². The molecule has 0 spiro atoms. The van der Waals surface area contributed by atoms with Crippen LogP contribution in [-0.4, -0.2) is 11.5 Å². The maximum Gasteiger partial charge on any atom is 0.273 e. The van der Waals surface area contributed by atoms with Gasteiger partial charge in [0.2, 0.25) is 0 Å². The van der Waals surface area contributed by atoms with Gasteiger partial charge in [-0.05, 0) is 13.0 Å². The van der Waals surface area contributed by atoms with Gasteiger partial charge in [-0.15, -0.1) is 0 Å². The van der Waals surface area contributed by atoms with Gasteiger partial charge >= 0.3 is 0 Å². The van der Waals surface area contributed by atoms with Crippen molar-refractivity contribution in [2.45, 2.75) is 6.92 Å². The molecule has 0 unspecified atom stereocenters. The summed E-state index contributed by atoms with van der Waals surface area (Å²) < 4.78 is 5.09. The summed E-state index contributed by atoms with van der Waals surface area (Å²) in [7, 11) is 0. The van der Waals surface area contributed by atoms with Gasteiger partial charge in [0.1, 0.15) is 5.75 Å². The first-order valence-corrected chi connectivity index (χ1v) is 3.61. The standard InChI is InChI=1S/C8H9NO3.H3N/c1-2-12-8-5-3-4-7(6-8)9(10)11;/h3-6H,2H2,1H3;1H3. The van der Waals surface area contributed by atoms with Crippen LogP contribution in [0.1, 0.15) is 6.92 Å². The molecule has 0 saturated heterocycles. The fourth-order valence-electron chi connectivity index (χ4n) is 0.854. The van der Waals surface area contributed by atoms with E-state index < -0.39 is 4.92 Å². The predicted octanol–water partition coefficient (Wildman–Crippen LogP) is 2.16. The Hall–Kier alpha value is -1.62. The number of non-ortho nitro benzene ring substituents is 1. The Kier molecular flexibility index (Phi) is 4.47. The normalized spacial score (nSPS) is 8.69. The highest BCUT2D eigenvalue weighted by atomic mass is 16.6. The smallest absolute Gasteiger partial charge is 0.273 e. The quantitative estimate of drug-likeness (QED) is 0.575. The van der Waals surface area contributed by atoms with E-state index in [0.29, 0.717) is 12.4 Å². The van der Waals surface area contributed by atoms with Crippen LogP contribution in [0.2, 0.25) is 0 Å². The van der Waals surface area contributed by atoms with Crippen molar-refractivity contribution in [3.05, 3.63) is 34.4 Å². The number of nitrogens with zero attached hydrogens (tertiary/aromatic N) is 1. The molecule has 0 fully saturated rings. The SMILES string of the molecule is CCOc1cccc([N+](=O)[O-])c1.N. The lowest BCUT2D eigenvalue weighted by atomic mass is 10.3. The summed E-state index contributed by atoms with van der Waals surface area (Å²) in [6.07, 6.45) is 0. The Morgan fingerprint density at radius 1 is 1.54 bits per heavy atom. The predicted molar refractivity (Wildman–Crippen MR) is 49.3 cm³/mol. The molecule has 0 aliphatic rings. The van der Waals surface area contributed by atoms with Crippen LogP contribution in [0.3, 0.4) is 0 Å². The molecule has 0 amide bonds. The number of hydrogen-bond acceptors (Lipinski definition) is 4. The lowest BCUT2D eigenvalue weighted by Gasteiger charge is -2.00. The Morgan fingerprint density at radius 3 is 2.77 bits per heavy atom. The van der Waals surface area contributed by atoms with E-state index in [9.17, 15) is 10.1 Å². The topological polar surface area (TPSA) is 87.4 Å². The van der Waals surface area contributed by atoms with Crippen LogP contribution < -0.4 is 10.9 Å². The van der Waals surface area contributed by atoms with E-state index >= 15 is 0 Å². The maximum absolute atomic E-state index is 10.3. The van der Waals surface area contributed by atoms with Gasteiger partial charge < -0.3 is 10.9 Å². The number of hydrogen-bond donors (Lipinski definition) is 1. The van der Waals surface area contributed by atoms with Crippen LogP contribution in [0.4, 0.5) is 5.69 Å². The summed E-state index contributed by atoms with van der Waals surface area (Å²) in [5, 5.41) is 10.3. The molecule has 1 rings (SSSR count). The number of benzene rings is 1. The Morgan fingerprint density at radius 2 is 2.23 bits per heavy atom. The average Bonchev–Trinajstić information content (AvgIpc) is 2.05. The first-order chi connectivity index (χ1) is 5.74. The van der Waals surface area contributed by atoms with Crippen molar-refractivity contribution in [3.63, 3.8) is 0 Å². The Balaban J connectivity index is 0.00000144. The van der Waals surface area contributed by atoms with Crippen LogP contribution in [0, 0.1) is 10.1 Å². The molecule has 0 saturated carbocycles. The summed E-state index contributed by atoms with van der Waals surface area (Å²) in [6.45, 7) is 2.35. The molecule has 72 valence electrons. The third-order valence-electron chi connectivity index (χ3n) is 1.34. The lowest BCUT2D eigenvalue weighted by Crippen LogP contribution is -1.93. The zero-order valence-electron chi connectivity index (χ0n) is 7.40. The molecule has 5 heteroatoms. The number of nitro groups is 1. The Labute approximate surface area is 76.1 Å². The van der Waals surface area contributed by atoms with E-state index in [-0.39, 0.29) is 11.8 Å². The van der Waals surface area contributed by atoms with Crippen molar-refractivity contribution in [1.29, 1.82) is 0 Å². The van der Waals surface area contributed by atoms with Gasteiger partial charge in [0.25, 0.3) is 5.69 Å². The van der Waals surface area contributed by atoms with E-state index in [1.54, 1.807) is 12.1 Å². The fourth-order valence-corrected chi connectivity index (χ4v) is 0.854. The first kappa shape index (κ1) is 11.4. The summed E-state index contributed by atoms with van der Waals surface area (Å²) in [5.74, 6) is 0.534. The van der Waals surface area contributed by atoms with Crippen LogP contribution in [0.5, 0.6) is 5.75 Å². The molecule has 0 aliphatic carbocycles. The van der Waals surface area contributed by atoms with Gasteiger partial charge in [-0.3, -0.25) is 10.1 Å². The largest absolute Gasteiger partial charge is 0.494 e. The van der Waals surface area contributed by atoms with Gasteiger partial charge in [0, 0.05) is 6.07 Å². The van der Waals surface area contributed by atoms with Crippen LogP contribution in [0.15, 0.2) is 24.3 Å². The highest BCUT2D eigenvalue weighted by molar-refractivity contribution is 5.37. The zero-order valence-corrected chi connectivity index (χ0v) is 7.40. The van der Waals surface area contributed by atoms with Crippen molar-refractivity contribution in [3.8, 4) is 5.75 Å². The van der Waals surface area contributed by atoms with Gasteiger partial charge in [0.05, 0.1) is 17.6 Å². The molecular formula is C8H12N2O3. The molecular weight excluding hydrogens is 172 g/mol. The second-order valence-corrected chi connectivity index (χ2v) is 2.19. The molecule has 1 aromatic rings. The third kappa shape index (κ3) is 3.08. The summed E-state index contributed by atoms with van der Waals surface area (Å²) in [6, 6.07) is 6.13. The molecule has 0 bridgehead atoms. The molecule has 0 radical (unpaired) electrons. The Bertz CT molecular complexity index is 288. The molecule has 13 heavy (non-hydrogen) atoms. The minimum Gasteiger partial charge on any atom is -0.494 e. The average molecular weight is 184 g/mol. The number of ether oxygens (including phenoxy) is 1. The third-order valence-corrected chi connectivity index (χ3v) is 1.34. The van der Waals surface area contributed by atoms with Crippen molar-refractivity contribution in [2.75, 3.05) is 6.61 Å².